The first-order chi connectivity index (χ1) is 10.2. The van der Waals surface area contributed by atoms with E-state index in [9.17, 15) is 13.2 Å². The lowest BCUT2D eigenvalue weighted by atomic mass is 10.2. The topological polar surface area (TPSA) is 57.7 Å². The Labute approximate surface area is 141 Å². The maximum atomic E-state index is 12.3. The molecule has 0 bridgehead atoms. The molecule has 1 rings (SSSR count). The standard InChI is InChI=1S/C15H23BrN2O3S/c1-5-6-9-17(3)15(19)11-18(22(4,20)21)14-8-7-13(16)10-12(14)2/h7-8,10H,5-6,9,11H2,1-4H3. The lowest BCUT2D eigenvalue weighted by Crippen LogP contribution is -2.41. The fourth-order valence-corrected chi connectivity index (χ4v) is 3.43. The van der Waals surface area contributed by atoms with E-state index in [-0.39, 0.29) is 12.5 Å². The number of halogens is 1. The van der Waals surface area contributed by atoms with Crippen LogP contribution in [0.5, 0.6) is 0 Å². The van der Waals surface area contributed by atoms with Crippen molar-refractivity contribution in [1.29, 1.82) is 0 Å². The number of anilines is 1. The third kappa shape index (κ3) is 5.28. The predicted octanol–water partition coefficient (Wildman–Crippen LogP) is 2.78. The van der Waals surface area contributed by atoms with Crippen molar-refractivity contribution in [2.24, 2.45) is 0 Å². The third-order valence-corrected chi connectivity index (χ3v) is 5.00. The number of aryl methyl sites for hydroxylation is 1. The summed E-state index contributed by atoms with van der Waals surface area (Å²) in [6, 6.07) is 5.31. The van der Waals surface area contributed by atoms with Crippen molar-refractivity contribution < 1.29 is 13.2 Å². The van der Waals surface area contributed by atoms with Crippen molar-refractivity contribution >= 4 is 37.5 Å². The van der Waals surface area contributed by atoms with Crippen LogP contribution in [0.15, 0.2) is 22.7 Å². The molecule has 0 aliphatic rings. The summed E-state index contributed by atoms with van der Waals surface area (Å²) in [6.07, 6.45) is 3.01. The first-order valence-corrected chi connectivity index (χ1v) is 9.78. The number of sulfonamides is 1. The molecule has 0 fully saturated rings. The summed E-state index contributed by atoms with van der Waals surface area (Å²) in [4.78, 5) is 13.8. The summed E-state index contributed by atoms with van der Waals surface area (Å²) in [5.74, 6) is -0.207. The van der Waals surface area contributed by atoms with Gasteiger partial charge in [-0.05, 0) is 37.1 Å². The molecule has 0 spiro atoms. The molecule has 1 aromatic carbocycles. The Hall–Kier alpha value is -1.08. The fourth-order valence-electron chi connectivity index (χ4n) is 2.04. The highest BCUT2D eigenvalue weighted by atomic mass is 79.9. The Bertz CT molecular complexity index is 632. The van der Waals surface area contributed by atoms with Crippen molar-refractivity contribution in [3.05, 3.63) is 28.2 Å². The average Bonchev–Trinajstić information content (AvgIpc) is 2.41. The molecule has 1 amide bonds. The van der Waals surface area contributed by atoms with E-state index in [1.165, 1.54) is 4.31 Å². The molecular weight excluding hydrogens is 368 g/mol. The zero-order chi connectivity index (χ0) is 16.9. The number of nitrogens with zero attached hydrogens (tertiary/aromatic N) is 2. The monoisotopic (exact) mass is 390 g/mol. The van der Waals surface area contributed by atoms with Gasteiger partial charge < -0.3 is 4.90 Å². The van der Waals surface area contributed by atoms with E-state index in [1.54, 1.807) is 24.1 Å². The second kappa shape index (κ2) is 7.97. The van der Waals surface area contributed by atoms with Crippen LogP contribution in [-0.4, -0.2) is 45.6 Å². The number of carbonyl (C=O) groups excluding carboxylic acids is 1. The molecule has 0 atom stereocenters. The summed E-state index contributed by atoms with van der Waals surface area (Å²) in [7, 11) is -1.83. The summed E-state index contributed by atoms with van der Waals surface area (Å²) >= 11 is 3.36. The first-order valence-electron chi connectivity index (χ1n) is 7.14. The van der Waals surface area contributed by atoms with Crippen molar-refractivity contribution in [1.82, 2.24) is 4.90 Å². The van der Waals surface area contributed by atoms with Gasteiger partial charge in [-0.1, -0.05) is 29.3 Å². The van der Waals surface area contributed by atoms with Crippen LogP contribution >= 0.6 is 15.9 Å². The maximum Gasteiger partial charge on any atom is 0.243 e. The van der Waals surface area contributed by atoms with Crippen molar-refractivity contribution in [3.63, 3.8) is 0 Å². The minimum atomic E-state index is -3.53. The average molecular weight is 391 g/mol. The summed E-state index contributed by atoms with van der Waals surface area (Å²) in [5.41, 5.74) is 1.33. The van der Waals surface area contributed by atoms with E-state index in [2.05, 4.69) is 15.9 Å². The Kier molecular flexibility index (Phi) is 6.87. The maximum absolute atomic E-state index is 12.3. The van der Waals surface area contributed by atoms with Crippen molar-refractivity contribution in [3.8, 4) is 0 Å². The number of unbranched alkanes of at least 4 members (excludes halogenated alkanes) is 1. The van der Waals surface area contributed by atoms with E-state index in [1.807, 2.05) is 19.9 Å². The lowest BCUT2D eigenvalue weighted by Gasteiger charge is -2.26. The highest BCUT2D eigenvalue weighted by Gasteiger charge is 2.23. The normalized spacial score (nSPS) is 11.3. The van der Waals surface area contributed by atoms with Crippen LogP contribution in [0, 0.1) is 6.92 Å². The molecule has 0 aliphatic heterocycles. The zero-order valence-corrected chi connectivity index (χ0v) is 15.9. The van der Waals surface area contributed by atoms with Gasteiger partial charge in [0, 0.05) is 18.1 Å². The number of rotatable bonds is 7. The van der Waals surface area contributed by atoms with Gasteiger partial charge in [0.15, 0.2) is 0 Å². The SMILES string of the molecule is CCCCN(C)C(=O)CN(c1ccc(Br)cc1C)S(C)(=O)=O. The van der Waals surface area contributed by atoms with Gasteiger partial charge in [-0.3, -0.25) is 9.10 Å². The molecule has 5 nitrogen and oxygen atoms in total. The van der Waals surface area contributed by atoms with E-state index in [4.69, 9.17) is 0 Å². The number of likely N-dealkylation sites (N-methyl/N-ethyl adjacent to an activating group) is 1. The van der Waals surface area contributed by atoms with Gasteiger partial charge in [0.1, 0.15) is 6.54 Å². The molecule has 1 aromatic rings. The van der Waals surface area contributed by atoms with Crippen molar-refractivity contribution in [2.45, 2.75) is 26.7 Å². The zero-order valence-electron chi connectivity index (χ0n) is 13.5. The third-order valence-electron chi connectivity index (χ3n) is 3.38. The highest BCUT2D eigenvalue weighted by molar-refractivity contribution is 9.10. The van der Waals surface area contributed by atoms with Gasteiger partial charge >= 0.3 is 0 Å². The molecule has 0 heterocycles. The molecule has 124 valence electrons. The van der Waals surface area contributed by atoms with Gasteiger partial charge in [0.2, 0.25) is 15.9 Å². The Balaban J connectivity index is 3.03. The minimum absolute atomic E-state index is 0.179. The number of benzene rings is 1. The Morgan fingerprint density at radius 1 is 1.32 bits per heavy atom. The largest absolute Gasteiger partial charge is 0.344 e. The van der Waals surface area contributed by atoms with E-state index in [0.29, 0.717) is 12.2 Å². The van der Waals surface area contributed by atoms with Crippen LogP contribution in [-0.2, 0) is 14.8 Å². The van der Waals surface area contributed by atoms with Gasteiger partial charge in [-0.2, -0.15) is 0 Å². The van der Waals surface area contributed by atoms with Gasteiger partial charge in [-0.25, -0.2) is 8.42 Å². The Morgan fingerprint density at radius 3 is 2.45 bits per heavy atom. The predicted molar refractivity (Wildman–Crippen MR) is 93.6 cm³/mol. The fraction of sp³-hybridized carbons (Fsp3) is 0.533. The molecule has 0 unspecified atom stereocenters. The molecule has 0 saturated carbocycles. The Morgan fingerprint density at radius 2 is 1.95 bits per heavy atom. The molecular formula is C15H23BrN2O3S. The number of hydrogen-bond acceptors (Lipinski definition) is 3. The van der Waals surface area contributed by atoms with Crippen molar-refractivity contribution in [2.75, 3.05) is 30.7 Å². The molecule has 7 heteroatoms. The van der Waals surface area contributed by atoms with Gasteiger partial charge in [0.25, 0.3) is 0 Å². The van der Waals surface area contributed by atoms with Crippen LogP contribution < -0.4 is 4.31 Å². The number of amides is 1. The summed E-state index contributed by atoms with van der Waals surface area (Å²) in [5, 5.41) is 0. The van der Waals surface area contributed by atoms with Crippen LogP contribution in [0.25, 0.3) is 0 Å². The molecule has 0 N–H and O–H groups in total. The quantitative estimate of drug-likeness (QED) is 0.718. The molecule has 0 aliphatic carbocycles. The number of hydrogen-bond donors (Lipinski definition) is 0. The molecule has 0 radical (unpaired) electrons. The van der Waals surface area contributed by atoms with Crippen LogP contribution in [0.2, 0.25) is 0 Å². The summed E-state index contributed by atoms with van der Waals surface area (Å²) in [6.45, 7) is 4.32. The van der Waals surface area contributed by atoms with Crippen LogP contribution in [0.4, 0.5) is 5.69 Å². The lowest BCUT2D eigenvalue weighted by molar-refractivity contribution is -0.128. The minimum Gasteiger partial charge on any atom is -0.344 e. The van der Waals surface area contributed by atoms with E-state index in [0.717, 1.165) is 29.1 Å². The second-order valence-corrected chi connectivity index (χ2v) is 8.19. The van der Waals surface area contributed by atoms with E-state index < -0.39 is 10.0 Å². The molecule has 0 saturated heterocycles. The van der Waals surface area contributed by atoms with E-state index >= 15 is 0 Å². The van der Waals surface area contributed by atoms with Gasteiger partial charge in [-0.15, -0.1) is 0 Å². The number of carbonyl (C=O) groups is 1. The molecule has 22 heavy (non-hydrogen) atoms. The van der Waals surface area contributed by atoms with Gasteiger partial charge in [0.05, 0.1) is 11.9 Å². The van der Waals surface area contributed by atoms with Crippen LogP contribution in [0.1, 0.15) is 25.3 Å². The van der Waals surface area contributed by atoms with Crippen LogP contribution in [0.3, 0.4) is 0 Å². The highest BCUT2D eigenvalue weighted by Crippen LogP contribution is 2.25. The molecule has 0 aromatic heterocycles. The first kappa shape index (κ1) is 19.0. The summed E-state index contributed by atoms with van der Waals surface area (Å²) < 4.78 is 26.2. The second-order valence-electron chi connectivity index (χ2n) is 5.37. The smallest absolute Gasteiger partial charge is 0.243 e.